The van der Waals surface area contributed by atoms with Gasteiger partial charge in [-0.1, -0.05) is 25.1 Å². The van der Waals surface area contributed by atoms with Crippen LogP contribution in [0.2, 0.25) is 0 Å². The minimum atomic E-state index is -0.0857. The lowest BCUT2D eigenvalue weighted by Gasteiger charge is -2.03. The normalized spacial score (nSPS) is 12.4. The average Bonchev–Trinajstić information content (AvgIpc) is 2.78. The number of aromatic nitrogens is 2. The smallest absolute Gasteiger partial charge is 0.137 e. The third-order valence-corrected chi connectivity index (χ3v) is 2.73. The fourth-order valence-electron chi connectivity index (χ4n) is 1.52. The van der Waals surface area contributed by atoms with Crippen molar-refractivity contribution in [2.75, 3.05) is 0 Å². The minimum absolute atomic E-state index is 0.0857. The highest BCUT2D eigenvalue weighted by Crippen LogP contribution is 2.16. The molecule has 2 rings (SSSR count). The lowest BCUT2D eigenvalue weighted by atomic mass is 10.0. The molecule has 0 aliphatic heterocycles. The van der Waals surface area contributed by atoms with Crippen molar-refractivity contribution in [3.63, 3.8) is 0 Å². The summed E-state index contributed by atoms with van der Waals surface area (Å²) in [5.41, 5.74) is 1.96. The molecule has 3 heteroatoms. The Kier molecular flexibility index (Phi) is 2.86. The van der Waals surface area contributed by atoms with Gasteiger partial charge in [0.05, 0.1) is 11.9 Å². The van der Waals surface area contributed by atoms with Crippen LogP contribution in [-0.2, 0) is 4.79 Å². The van der Waals surface area contributed by atoms with Crippen molar-refractivity contribution in [3.8, 4) is 5.69 Å². The molecular formula is C13H14N2O. The maximum atomic E-state index is 11.3. The summed E-state index contributed by atoms with van der Waals surface area (Å²) in [5, 5.41) is 4.25. The molecule has 0 amide bonds. The molecular weight excluding hydrogens is 200 g/mol. The van der Waals surface area contributed by atoms with E-state index in [-0.39, 0.29) is 11.7 Å². The highest BCUT2D eigenvalue weighted by Gasteiger charge is 2.12. The zero-order valence-corrected chi connectivity index (χ0v) is 9.42. The molecule has 1 heterocycles. The first-order valence-corrected chi connectivity index (χ1v) is 5.29. The number of carbonyl (C=O) groups excluding carboxylic acids is 1. The van der Waals surface area contributed by atoms with Crippen LogP contribution in [0.3, 0.4) is 0 Å². The molecule has 0 aliphatic rings. The molecule has 0 saturated heterocycles. The van der Waals surface area contributed by atoms with Crippen molar-refractivity contribution in [1.82, 2.24) is 9.78 Å². The molecule has 0 fully saturated rings. The minimum Gasteiger partial charge on any atom is -0.299 e. The van der Waals surface area contributed by atoms with Crippen molar-refractivity contribution in [2.24, 2.45) is 0 Å². The van der Waals surface area contributed by atoms with Gasteiger partial charge in [0.1, 0.15) is 5.78 Å². The lowest BCUT2D eigenvalue weighted by molar-refractivity contribution is -0.118. The van der Waals surface area contributed by atoms with Gasteiger partial charge in [-0.2, -0.15) is 5.10 Å². The second-order valence-corrected chi connectivity index (χ2v) is 3.89. The second-order valence-electron chi connectivity index (χ2n) is 3.89. The first-order chi connectivity index (χ1) is 7.68. The molecule has 0 N–H and O–H groups in total. The molecule has 3 nitrogen and oxygen atoms in total. The SMILES string of the molecule is CC(=O)C(C)c1cnn(-c2ccccc2)c1. The summed E-state index contributed by atoms with van der Waals surface area (Å²) in [5.74, 6) is 0.0741. The van der Waals surface area contributed by atoms with Crippen molar-refractivity contribution < 1.29 is 4.79 Å². The number of para-hydroxylation sites is 1. The number of ketones is 1. The van der Waals surface area contributed by atoms with Crippen LogP contribution >= 0.6 is 0 Å². The van der Waals surface area contributed by atoms with Crippen LogP contribution in [0.15, 0.2) is 42.7 Å². The van der Waals surface area contributed by atoms with E-state index in [9.17, 15) is 4.79 Å². The van der Waals surface area contributed by atoms with Gasteiger partial charge in [-0.25, -0.2) is 4.68 Å². The topological polar surface area (TPSA) is 34.9 Å². The van der Waals surface area contributed by atoms with Gasteiger partial charge in [-0.05, 0) is 19.1 Å². The van der Waals surface area contributed by atoms with Crippen molar-refractivity contribution in [1.29, 1.82) is 0 Å². The van der Waals surface area contributed by atoms with Gasteiger partial charge < -0.3 is 0 Å². The van der Waals surface area contributed by atoms with E-state index >= 15 is 0 Å². The monoisotopic (exact) mass is 214 g/mol. The lowest BCUT2D eigenvalue weighted by Crippen LogP contribution is -2.02. The van der Waals surface area contributed by atoms with E-state index in [1.165, 1.54) is 0 Å². The van der Waals surface area contributed by atoms with Gasteiger partial charge in [-0.3, -0.25) is 4.79 Å². The number of Topliss-reactive ketones (excluding diaryl/α,β-unsaturated/α-hetero) is 1. The standard InChI is InChI=1S/C13H14N2O/c1-10(11(2)16)12-8-14-15(9-12)13-6-4-3-5-7-13/h3-10H,1-2H3. The molecule has 0 aliphatic carbocycles. The van der Waals surface area contributed by atoms with E-state index < -0.39 is 0 Å². The number of nitrogens with zero attached hydrogens (tertiary/aromatic N) is 2. The highest BCUT2D eigenvalue weighted by atomic mass is 16.1. The maximum absolute atomic E-state index is 11.3. The van der Waals surface area contributed by atoms with Crippen LogP contribution in [-0.4, -0.2) is 15.6 Å². The Balaban J connectivity index is 2.30. The van der Waals surface area contributed by atoms with E-state index in [0.29, 0.717) is 0 Å². The zero-order valence-electron chi connectivity index (χ0n) is 9.42. The molecule has 16 heavy (non-hydrogen) atoms. The Morgan fingerprint density at radius 2 is 2.00 bits per heavy atom. The molecule has 2 aromatic rings. The molecule has 82 valence electrons. The Morgan fingerprint density at radius 3 is 2.62 bits per heavy atom. The molecule has 1 aromatic carbocycles. The molecule has 1 unspecified atom stereocenters. The molecule has 0 saturated carbocycles. The predicted octanol–water partition coefficient (Wildman–Crippen LogP) is 2.56. The van der Waals surface area contributed by atoms with Crippen LogP contribution in [0.4, 0.5) is 0 Å². The van der Waals surface area contributed by atoms with Gasteiger partial charge in [0.15, 0.2) is 0 Å². The van der Waals surface area contributed by atoms with Gasteiger partial charge in [0.2, 0.25) is 0 Å². The number of carbonyl (C=O) groups is 1. The predicted molar refractivity (Wildman–Crippen MR) is 62.7 cm³/mol. The van der Waals surface area contributed by atoms with Gasteiger partial charge >= 0.3 is 0 Å². The molecule has 0 bridgehead atoms. The fourth-order valence-corrected chi connectivity index (χ4v) is 1.52. The highest BCUT2D eigenvalue weighted by molar-refractivity contribution is 5.82. The summed E-state index contributed by atoms with van der Waals surface area (Å²) in [4.78, 5) is 11.3. The summed E-state index contributed by atoms with van der Waals surface area (Å²) in [6.07, 6.45) is 3.65. The molecule has 1 aromatic heterocycles. The Bertz CT molecular complexity index is 488. The van der Waals surface area contributed by atoms with E-state index in [2.05, 4.69) is 5.10 Å². The fraction of sp³-hybridized carbons (Fsp3) is 0.231. The van der Waals surface area contributed by atoms with E-state index in [0.717, 1.165) is 11.3 Å². The Morgan fingerprint density at radius 1 is 1.31 bits per heavy atom. The summed E-state index contributed by atoms with van der Waals surface area (Å²) in [7, 11) is 0. The van der Waals surface area contributed by atoms with Crippen LogP contribution in [0.5, 0.6) is 0 Å². The van der Waals surface area contributed by atoms with E-state index in [1.807, 2.05) is 43.5 Å². The summed E-state index contributed by atoms with van der Waals surface area (Å²) >= 11 is 0. The molecule has 0 radical (unpaired) electrons. The summed E-state index contributed by atoms with van der Waals surface area (Å²) in [6, 6.07) is 9.85. The Labute approximate surface area is 94.7 Å². The van der Waals surface area contributed by atoms with E-state index in [4.69, 9.17) is 0 Å². The van der Waals surface area contributed by atoms with E-state index in [1.54, 1.807) is 17.8 Å². The van der Waals surface area contributed by atoms with Crippen molar-refractivity contribution in [3.05, 3.63) is 48.3 Å². The maximum Gasteiger partial charge on any atom is 0.137 e. The average molecular weight is 214 g/mol. The largest absolute Gasteiger partial charge is 0.299 e. The van der Waals surface area contributed by atoms with Gasteiger partial charge in [0.25, 0.3) is 0 Å². The molecule has 0 spiro atoms. The first-order valence-electron chi connectivity index (χ1n) is 5.29. The van der Waals surface area contributed by atoms with Crippen molar-refractivity contribution in [2.45, 2.75) is 19.8 Å². The number of hydrogen-bond donors (Lipinski definition) is 0. The third kappa shape index (κ3) is 2.03. The van der Waals surface area contributed by atoms with Gasteiger partial charge in [-0.15, -0.1) is 0 Å². The number of hydrogen-bond acceptors (Lipinski definition) is 2. The van der Waals surface area contributed by atoms with Crippen LogP contribution in [0, 0.1) is 0 Å². The third-order valence-electron chi connectivity index (χ3n) is 2.73. The zero-order chi connectivity index (χ0) is 11.5. The number of rotatable bonds is 3. The van der Waals surface area contributed by atoms with Crippen LogP contribution in [0.25, 0.3) is 5.69 Å². The first kappa shape index (κ1) is 10.6. The summed E-state index contributed by atoms with van der Waals surface area (Å²) in [6.45, 7) is 3.50. The quantitative estimate of drug-likeness (QED) is 0.787. The second kappa shape index (κ2) is 4.31. The van der Waals surface area contributed by atoms with Gasteiger partial charge in [0, 0.05) is 17.7 Å². The van der Waals surface area contributed by atoms with Crippen LogP contribution in [0.1, 0.15) is 25.3 Å². The summed E-state index contributed by atoms with van der Waals surface area (Å²) < 4.78 is 1.79. The molecule has 1 atom stereocenters. The number of benzene rings is 1. The van der Waals surface area contributed by atoms with Crippen LogP contribution < -0.4 is 0 Å². The van der Waals surface area contributed by atoms with Crippen molar-refractivity contribution >= 4 is 5.78 Å². The Hall–Kier alpha value is -1.90.